The van der Waals surface area contributed by atoms with Gasteiger partial charge < -0.3 is 10.2 Å². The standard InChI is InChI=1S/C13H14FN3O3/c14-12-3-10(17(19)20)1-2-11(12)13(18)16-6-8-4-15-5-9(8)7-16/h1-3,8-9,15H,4-7H2/t8-,9+. The Morgan fingerprint density at radius 1 is 1.35 bits per heavy atom. The molecule has 0 aromatic heterocycles. The molecule has 2 heterocycles. The maximum Gasteiger partial charge on any atom is 0.272 e. The number of halogens is 1. The van der Waals surface area contributed by atoms with E-state index in [1.54, 1.807) is 4.90 Å². The van der Waals surface area contributed by atoms with Gasteiger partial charge in [-0.05, 0) is 17.9 Å². The summed E-state index contributed by atoms with van der Waals surface area (Å²) in [5.74, 6) is -0.355. The molecule has 2 atom stereocenters. The van der Waals surface area contributed by atoms with E-state index in [-0.39, 0.29) is 17.2 Å². The van der Waals surface area contributed by atoms with E-state index >= 15 is 0 Å². The van der Waals surface area contributed by atoms with Gasteiger partial charge in [0.1, 0.15) is 5.82 Å². The van der Waals surface area contributed by atoms with Gasteiger partial charge in [-0.3, -0.25) is 14.9 Å². The van der Waals surface area contributed by atoms with Gasteiger partial charge in [-0.1, -0.05) is 0 Å². The number of amides is 1. The predicted octanol–water partition coefficient (Wildman–Crippen LogP) is 1.03. The Hall–Kier alpha value is -2.02. The lowest BCUT2D eigenvalue weighted by Crippen LogP contribution is -2.32. The maximum atomic E-state index is 13.8. The van der Waals surface area contributed by atoms with E-state index in [4.69, 9.17) is 0 Å². The number of hydrogen-bond acceptors (Lipinski definition) is 4. The monoisotopic (exact) mass is 279 g/mol. The van der Waals surface area contributed by atoms with Crippen molar-refractivity contribution in [2.75, 3.05) is 26.2 Å². The van der Waals surface area contributed by atoms with Gasteiger partial charge in [0.15, 0.2) is 0 Å². The maximum absolute atomic E-state index is 13.8. The van der Waals surface area contributed by atoms with Crippen LogP contribution < -0.4 is 5.32 Å². The second-order valence-corrected chi connectivity index (χ2v) is 5.31. The molecule has 6 nitrogen and oxygen atoms in total. The van der Waals surface area contributed by atoms with Crippen molar-refractivity contribution in [2.45, 2.75) is 0 Å². The molecule has 2 aliphatic rings. The molecule has 20 heavy (non-hydrogen) atoms. The van der Waals surface area contributed by atoms with Crippen molar-refractivity contribution >= 4 is 11.6 Å². The van der Waals surface area contributed by atoms with E-state index in [0.717, 1.165) is 25.2 Å². The Labute approximate surface area is 114 Å². The normalized spacial score (nSPS) is 24.8. The summed E-state index contributed by atoms with van der Waals surface area (Å²) in [6.45, 7) is 3.01. The summed E-state index contributed by atoms with van der Waals surface area (Å²) in [6, 6.07) is 3.16. The number of nitro groups is 1. The molecule has 1 N–H and O–H groups in total. The van der Waals surface area contributed by atoms with Crippen LogP contribution in [0.4, 0.5) is 10.1 Å². The van der Waals surface area contributed by atoms with E-state index in [2.05, 4.69) is 5.32 Å². The molecule has 1 aromatic rings. The summed E-state index contributed by atoms with van der Waals surface area (Å²) in [5, 5.41) is 13.8. The molecule has 0 saturated carbocycles. The average molecular weight is 279 g/mol. The minimum absolute atomic E-state index is 0.0940. The van der Waals surface area contributed by atoms with E-state index in [1.807, 2.05) is 0 Å². The van der Waals surface area contributed by atoms with Crippen molar-refractivity contribution in [1.29, 1.82) is 0 Å². The third kappa shape index (κ3) is 2.14. The van der Waals surface area contributed by atoms with Gasteiger partial charge in [-0.2, -0.15) is 0 Å². The minimum atomic E-state index is -0.834. The zero-order chi connectivity index (χ0) is 14.3. The Bertz CT molecular complexity index is 566. The van der Waals surface area contributed by atoms with Crippen LogP contribution in [0, 0.1) is 27.8 Å². The number of hydrogen-bond donors (Lipinski definition) is 1. The van der Waals surface area contributed by atoms with Crippen molar-refractivity contribution in [3.8, 4) is 0 Å². The number of likely N-dealkylation sites (tertiary alicyclic amines) is 1. The molecule has 0 radical (unpaired) electrons. The molecule has 2 aliphatic heterocycles. The zero-order valence-corrected chi connectivity index (χ0v) is 10.7. The second kappa shape index (κ2) is 4.82. The van der Waals surface area contributed by atoms with Crippen LogP contribution >= 0.6 is 0 Å². The fraction of sp³-hybridized carbons (Fsp3) is 0.462. The quantitative estimate of drug-likeness (QED) is 0.648. The third-order valence-electron chi connectivity index (χ3n) is 4.07. The first kappa shape index (κ1) is 13.0. The van der Waals surface area contributed by atoms with Gasteiger partial charge in [0.2, 0.25) is 0 Å². The Balaban J connectivity index is 1.79. The van der Waals surface area contributed by atoms with Gasteiger partial charge in [0, 0.05) is 32.2 Å². The number of nitro benzene ring substituents is 1. The van der Waals surface area contributed by atoms with Crippen LogP contribution in [0.15, 0.2) is 18.2 Å². The molecule has 106 valence electrons. The summed E-state index contributed by atoms with van der Waals surface area (Å²) >= 11 is 0. The molecule has 0 bridgehead atoms. The van der Waals surface area contributed by atoms with Crippen LogP contribution in [0.3, 0.4) is 0 Å². The molecule has 0 spiro atoms. The predicted molar refractivity (Wildman–Crippen MR) is 68.8 cm³/mol. The van der Waals surface area contributed by atoms with E-state index in [0.29, 0.717) is 24.9 Å². The Morgan fingerprint density at radius 2 is 2.00 bits per heavy atom. The molecule has 0 unspecified atom stereocenters. The third-order valence-corrected chi connectivity index (χ3v) is 4.07. The summed E-state index contributed by atoms with van der Waals surface area (Å²) in [7, 11) is 0. The topological polar surface area (TPSA) is 75.5 Å². The number of nitrogens with zero attached hydrogens (tertiary/aromatic N) is 2. The van der Waals surface area contributed by atoms with Crippen molar-refractivity contribution in [1.82, 2.24) is 10.2 Å². The van der Waals surface area contributed by atoms with Crippen LogP contribution in [0.2, 0.25) is 0 Å². The first-order chi connectivity index (χ1) is 9.56. The SMILES string of the molecule is O=C(c1ccc([N+](=O)[O-])cc1F)N1C[C@H]2CNC[C@H]2C1. The Morgan fingerprint density at radius 3 is 2.55 bits per heavy atom. The second-order valence-electron chi connectivity index (χ2n) is 5.31. The van der Waals surface area contributed by atoms with E-state index in [1.165, 1.54) is 6.07 Å². The van der Waals surface area contributed by atoms with Crippen LogP contribution in [-0.2, 0) is 0 Å². The van der Waals surface area contributed by atoms with E-state index in [9.17, 15) is 19.3 Å². The number of benzene rings is 1. The van der Waals surface area contributed by atoms with Crippen LogP contribution in [0.25, 0.3) is 0 Å². The van der Waals surface area contributed by atoms with Crippen LogP contribution in [-0.4, -0.2) is 41.9 Å². The average Bonchev–Trinajstić information content (AvgIpc) is 2.98. The number of carbonyl (C=O) groups is 1. The molecule has 1 amide bonds. The van der Waals surface area contributed by atoms with Crippen LogP contribution in [0.1, 0.15) is 10.4 Å². The molecular formula is C13H14FN3O3. The minimum Gasteiger partial charge on any atom is -0.338 e. The van der Waals surface area contributed by atoms with Crippen molar-refractivity contribution in [3.05, 3.63) is 39.7 Å². The highest BCUT2D eigenvalue weighted by molar-refractivity contribution is 5.95. The zero-order valence-electron chi connectivity index (χ0n) is 10.7. The molecule has 1 aromatic carbocycles. The Kier molecular flexibility index (Phi) is 3.13. The lowest BCUT2D eigenvalue weighted by atomic mass is 10.0. The lowest BCUT2D eigenvalue weighted by Gasteiger charge is -2.17. The molecule has 0 aliphatic carbocycles. The van der Waals surface area contributed by atoms with Gasteiger partial charge in [-0.15, -0.1) is 0 Å². The van der Waals surface area contributed by atoms with Gasteiger partial charge in [-0.25, -0.2) is 4.39 Å². The summed E-state index contributed by atoms with van der Waals surface area (Å²) in [6.07, 6.45) is 0. The largest absolute Gasteiger partial charge is 0.338 e. The molecular weight excluding hydrogens is 265 g/mol. The van der Waals surface area contributed by atoms with Gasteiger partial charge >= 0.3 is 0 Å². The van der Waals surface area contributed by atoms with Crippen LogP contribution in [0.5, 0.6) is 0 Å². The van der Waals surface area contributed by atoms with Crippen molar-refractivity contribution in [2.24, 2.45) is 11.8 Å². The summed E-state index contributed by atoms with van der Waals surface area (Å²) in [4.78, 5) is 23.8. The molecule has 3 rings (SSSR count). The number of nitrogens with one attached hydrogen (secondary N) is 1. The van der Waals surface area contributed by atoms with Crippen molar-refractivity contribution < 1.29 is 14.1 Å². The highest BCUT2D eigenvalue weighted by atomic mass is 19.1. The van der Waals surface area contributed by atoms with Crippen molar-refractivity contribution in [3.63, 3.8) is 0 Å². The fourth-order valence-electron chi connectivity index (χ4n) is 2.98. The molecule has 2 saturated heterocycles. The first-order valence-corrected chi connectivity index (χ1v) is 6.50. The number of rotatable bonds is 2. The van der Waals surface area contributed by atoms with E-state index < -0.39 is 10.7 Å². The smallest absolute Gasteiger partial charge is 0.272 e. The summed E-state index contributed by atoms with van der Waals surface area (Å²) in [5.41, 5.74) is -0.440. The number of carbonyl (C=O) groups excluding carboxylic acids is 1. The van der Waals surface area contributed by atoms with Gasteiger partial charge in [0.05, 0.1) is 16.6 Å². The molecule has 2 fully saturated rings. The fourth-order valence-corrected chi connectivity index (χ4v) is 2.98. The summed E-state index contributed by atoms with van der Waals surface area (Å²) < 4.78 is 13.8. The number of non-ortho nitro benzene ring substituents is 1. The first-order valence-electron chi connectivity index (χ1n) is 6.50. The lowest BCUT2D eigenvalue weighted by molar-refractivity contribution is -0.385. The van der Waals surface area contributed by atoms with Gasteiger partial charge in [0.25, 0.3) is 11.6 Å². The highest BCUT2D eigenvalue weighted by Gasteiger charge is 2.38. The highest BCUT2D eigenvalue weighted by Crippen LogP contribution is 2.28. The number of fused-ring (bicyclic) bond motifs is 1. The molecule has 7 heteroatoms.